The summed E-state index contributed by atoms with van der Waals surface area (Å²) in [7, 11) is 0. The van der Waals surface area contributed by atoms with Gasteiger partial charge >= 0.3 is 0 Å². The van der Waals surface area contributed by atoms with Crippen LogP contribution >= 0.6 is 0 Å². The van der Waals surface area contributed by atoms with E-state index in [1.807, 2.05) is 0 Å². The third kappa shape index (κ3) is 3.78. The molecule has 6 heterocycles. The Labute approximate surface area is 297 Å². The Morgan fingerprint density at radius 1 is 0.667 bits per heavy atom. The van der Waals surface area contributed by atoms with E-state index in [0.717, 1.165) is 18.5 Å². The molecule has 2 aliphatic heterocycles. The monoisotopic (exact) mass is 655 g/mol. The molecule has 51 heavy (non-hydrogen) atoms. The molecule has 2 atom stereocenters. The average Bonchev–Trinajstić information content (AvgIpc) is 3.69. The van der Waals surface area contributed by atoms with Crippen molar-refractivity contribution in [1.29, 1.82) is 0 Å². The van der Waals surface area contributed by atoms with E-state index >= 15 is 0 Å². The molecule has 5 aromatic carbocycles. The van der Waals surface area contributed by atoms with Gasteiger partial charge in [-0.3, -0.25) is 0 Å². The molecule has 0 bridgehead atoms. The van der Waals surface area contributed by atoms with Crippen LogP contribution in [0.3, 0.4) is 0 Å². The molecule has 9 aromatic rings. The van der Waals surface area contributed by atoms with Crippen LogP contribution in [0.5, 0.6) is 0 Å². The molecule has 2 aliphatic rings. The minimum absolute atomic E-state index is 0.00795. The lowest BCUT2D eigenvalue weighted by Crippen LogP contribution is -2.59. The number of hydrogen-bond donors (Lipinski definition) is 0. The molecule has 0 radical (unpaired) electrons. The number of benzene rings is 5. The molecule has 0 spiro atoms. The Balaban J connectivity index is 1.26. The van der Waals surface area contributed by atoms with E-state index in [-0.39, 0.29) is 11.5 Å². The maximum Gasteiger partial charge on any atom is 0.250 e. The highest BCUT2D eigenvalue weighted by Gasteiger charge is 2.54. The molecule has 242 valence electrons. The Kier molecular flexibility index (Phi) is 5.77. The molecule has 2 unspecified atom stereocenters. The molecule has 0 fully saturated rings. The Morgan fingerprint density at radius 2 is 1.41 bits per heavy atom. The number of allylic oxidation sites excluding steroid dienone is 1. The van der Waals surface area contributed by atoms with Crippen molar-refractivity contribution in [2.45, 2.75) is 38.1 Å². The summed E-state index contributed by atoms with van der Waals surface area (Å²) >= 11 is 0. The van der Waals surface area contributed by atoms with Crippen LogP contribution in [0.1, 0.15) is 36.1 Å². The second-order valence-corrected chi connectivity index (χ2v) is 14.9. The van der Waals surface area contributed by atoms with E-state index in [1.165, 1.54) is 88.4 Å². The van der Waals surface area contributed by atoms with Crippen molar-refractivity contribution in [2.24, 2.45) is 0 Å². The predicted octanol–water partition coefficient (Wildman–Crippen LogP) is 10.7. The minimum Gasteiger partial charge on any atom is -0.308 e. The van der Waals surface area contributed by atoms with Gasteiger partial charge in [0.05, 0.1) is 33.1 Å². The largest absolute Gasteiger partial charge is 0.308 e. The van der Waals surface area contributed by atoms with Crippen LogP contribution in [0.15, 0.2) is 152 Å². The number of pyridine rings is 2. The Hall–Kier alpha value is -6.06. The van der Waals surface area contributed by atoms with Crippen LogP contribution in [0, 0.1) is 6.92 Å². The summed E-state index contributed by atoms with van der Waals surface area (Å²) < 4.78 is 7.46. The number of aromatic nitrogens is 3. The number of fused-ring (bicyclic) bond motifs is 15. The molecule has 0 saturated heterocycles. The average molecular weight is 656 g/mol. The SMILES string of the molecule is C=C1C2[n+]3ccccc3-c3ccccc3C2(C)CCc2cc3c(cc2-c2cc(C)c(-c4ccccc4)c[n+]21)c1cccc2c4ccccc4n3c21. The molecule has 0 amide bonds. The van der Waals surface area contributed by atoms with E-state index in [2.05, 4.69) is 173 Å². The molecular weight excluding hydrogens is 619 g/mol. The summed E-state index contributed by atoms with van der Waals surface area (Å²) in [4.78, 5) is 0. The van der Waals surface area contributed by atoms with Crippen molar-refractivity contribution in [2.75, 3.05) is 0 Å². The van der Waals surface area contributed by atoms with E-state index in [4.69, 9.17) is 6.58 Å². The summed E-state index contributed by atoms with van der Waals surface area (Å²) in [6, 6.07) is 49.6. The zero-order valence-electron chi connectivity index (χ0n) is 28.9. The molecule has 3 nitrogen and oxygen atoms in total. The summed E-state index contributed by atoms with van der Waals surface area (Å²) in [5.41, 5.74) is 16.3. The number of para-hydroxylation sites is 2. The first kappa shape index (κ1) is 28.7. The lowest BCUT2D eigenvalue weighted by atomic mass is 9.67. The van der Waals surface area contributed by atoms with Gasteiger partial charge in [0.15, 0.2) is 12.4 Å². The number of nitrogens with zero attached hydrogens (tertiary/aromatic N) is 3. The molecule has 11 rings (SSSR count). The number of hydrogen-bond acceptors (Lipinski definition) is 0. The van der Waals surface area contributed by atoms with Gasteiger partial charge < -0.3 is 4.40 Å². The van der Waals surface area contributed by atoms with Crippen molar-refractivity contribution >= 4 is 43.8 Å². The second-order valence-electron chi connectivity index (χ2n) is 14.9. The number of rotatable bonds is 1. The molecule has 0 N–H and O–H groups in total. The third-order valence-corrected chi connectivity index (χ3v) is 12.2. The summed E-state index contributed by atoms with van der Waals surface area (Å²) in [6.07, 6.45) is 6.56. The van der Waals surface area contributed by atoms with Gasteiger partial charge in [-0.05, 0) is 85.9 Å². The van der Waals surface area contributed by atoms with E-state index in [9.17, 15) is 0 Å². The van der Waals surface area contributed by atoms with Gasteiger partial charge in [0.2, 0.25) is 17.1 Å². The molecule has 0 saturated carbocycles. The van der Waals surface area contributed by atoms with Crippen LogP contribution in [-0.2, 0) is 11.8 Å². The highest BCUT2D eigenvalue weighted by atomic mass is 15.1. The fourth-order valence-corrected chi connectivity index (χ4v) is 9.88. The predicted molar refractivity (Wildman–Crippen MR) is 209 cm³/mol. The highest BCUT2D eigenvalue weighted by molar-refractivity contribution is 6.23. The Bertz CT molecular complexity index is 2910. The smallest absolute Gasteiger partial charge is 0.250 e. The zero-order valence-corrected chi connectivity index (χ0v) is 28.9. The zero-order chi connectivity index (χ0) is 34.0. The number of aryl methyl sites for hydroxylation is 2. The van der Waals surface area contributed by atoms with E-state index in [1.54, 1.807) is 0 Å². The van der Waals surface area contributed by atoms with Crippen LogP contribution in [-0.4, -0.2) is 4.40 Å². The summed E-state index contributed by atoms with van der Waals surface area (Å²) in [6.45, 7) is 9.78. The van der Waals surface area contributed by atoms with Gasteiger partial charge in [0.1, 0.15) is 0 Å². The summed E-state index contributed by atoms with van der Waals surface area (Å²) in [5.74, 6) is 0. The van der Waals surface area contributed by atoms with Gasteiger partial charge in [-0.15, -0.1) is 0 Å². The lowest BCUT2D eigenvalue weighted by molar-refractivity contribution is -0.732. The van der Waals surface area contributed by atoms with Crippen LogP contribution in [0.2, 0.25) is 0 Å². The Morgan fingerprint density at radius 3 is 2.29 bits per heavy atom. The quantitative estimate of drug-likeness (QED) is 0.156. The fraction of sp³-hybridized carbons (Fsp3) is 0.125. The van der Waals surface area contributed by atoms with Crippen LogP contribution in [0.25, 0.3) is 77.4 Å². The first-order valence-electron chi connectivity index (χ1n) is 18.1. The van der Waals surface area contributed by atoms with Crippen LogP contribution < -0.4 is 9.13 Å². The topological polar surface area (TPSA) is 12.2 Å². The maximum atomic E-state index is 5.04. The third-order valence-electron chi connectivity index (χ3n) is 12.2. The molecular formula is C48H37N3+2. The van der Waals surface area contributed by atoms with E-state index < -0.39 is 0 Å². The van der Waals surface area contributed by atoms with Gasteiger partial charge in [0.25, 0.3) is 6.04 Å². The van der Waals surface area contributed by atoms with Crippen molar-refractivity contribution in [3.63, 3.8) is 0 Å². The van der Waals surface area contributed by atoms with E-state index in [0.29, 0.717) is 0 Å². The standard InChI is InChI=1S/C48H37N3/c1-30-26-44-38-28-39-36-19-13-18-35-34-16-8-10-22-43(34)51(46(35)36)45(39)27-33(38)23-24-48(3)41-20-9-7-17-37(41)42-21-11-12-25-49(42)47(48)31(2)50(44)29-40(30)32-14-5-4-6-15-32/h4-22,25-29,47H,2,23-24H2,1,3H3/q+2. The first-order chi connectivity index (χ1) is 25.0. The van der Waals surface area contributed by atoms with Crippen molar-refractivity contribution in [3.8, 4) is 33.6 Å². The van der Waals surface area contributed by atoms with Gasteiger partial charge in [0, 0.05) is 45.3 Å². The van der Waals surface area contributed by atoms with Crippen molar-refractivity contribution in [3.05, 3.63) is 169 Å². The van der Waals surface area contributed by atoms with Gasteiger partial charge in [-0.25, -0.2) is 0 Å². The van der Waals surface area contributed by atoms with Crippen LogP contribution in [0.4, 0.5) is 0 Å². The normalized spacial score (nSPS) is 18.2. The summed E-state index contributed by atoms with van der Waals surface area (Å²) in [5, 5.41) is 5.24. The molecule has 3 heteroatoms. The van der Waals surface area contributed by atoms with Gasteiger partial charge in [-0.2, -0.15) is 9.13 Å². The highest BCUT2D eigenvalue weighted by Crippen LogP contribution is 2.50. The van der Waals surface area contributed by atoms with Crippen molar-refractivity contribution in [1.82, 2.24) is 4.40 Å². The van der Waals surface area contributed by atoms with Gasteiger partial charge in [-0.1, -0.05) is 84.9 Å². The fourth-order valence-electron chi connectivity index (χ4n) is 9.88. The minimum atomic E-state index is -0.217. The first-order valence-corrected chi connectivity index (χ1v) is 18.1. The lowest BCUT2D eigenvalue weighted by Gasteiger charge is -2.38. The molecule has 0 aliphatic carbocycles. The second kappa shape index (κ2) is 10.2. The maximum absolute atomic E-state index is 5.04. The van der Waals surface area contributed by atoms with Crippen molar-refractivity contribution < 1.29 is 9.13 Å². The molecule has 4 aromatic heterocycles.